The SMILES string of the molecule is Cc1ccc(-c2nnc(C3(c4ccc(Cl)cc4)CC(F)C3)n2C)cc1.Cn1c(-c2ccccc2OC(F)(F)F)nnc1C1(c2ccc(Cl)cc2)CC(F)C1. The van der Waals surface area contributed by atoms with Gasteiger partial charge < -0.3 is 13.9 Å². The maximum absolute atomic E-state index is 13.9. The predicted octanol–water partition coefficient (Wildman–Crippen LogP) is 10.3. The Morgan fingerprint density at radius 1 is 0.630 bits per heavy atom. The summed E-state index contributed by atoms with van der Waals surface area (Å²) >= 11 is 12.0. The first-order chi connectivity index (χ1) is 25.7. The lowest BCUT2D eigenvalue weighted by Gasteiger charge is -2.43. The molecule has 14 heteroatoms. The fourth-order valence-electron chi connectivity index (χ4n) is 7.57. The van der Waals surface area contributed by atoms with E-state index >= 15 is 0 Å². The van der Waals surface area contributed by atoms with Gasteiger partial charge in [0.1, 0.15) is 29.7 Å². The minimum Gasteiger partial charge on any atom is -0.405 e. The fraction of sp³-hybridized carbons (Fsp3) is 0.300. The highest BCUT2D eigenvalue weighted by Gasteiger charge is 2.52. The van der Waals surface area contributed by atoms with Crippen LogP contribution in [0, 0.1) is 6.92 Å². The third kappa shape index (κ3) is 7.09. The number of aryl methyl sites for hydroxylation is 1. The number of para-hydroxylation sites is 1. The lowest BCUT2D eigenvalue weighted by Crippen LogP contribution is -2.45. The molecule has 280 valence electrons. The average Bonchev–Trinajstić information content (AvgIpc) is 3.68. The van der Waals surface area contributed by atoms with Crippen LogP contribution in [0.1, 0.15) is 54.0 Å². The van der Waals surface area contributed by atoms with Gasteiger partial charge in [0.2, 0.25) is 0 Å². The van der Waals surface area contributed by atoms with E-state index in [9.17, 15) is 22.0 Å². The molecule has 2 aliphatic rings. The molecule has 0 atom stereocenters. The number of halogens is 7. The molecule has 8 rings (SSSR count). The Bertz CT molecular complexity index is 2240. The first kappa shape index (κ1) is 37.5. The Kier molecular flexibility index (Phi) is 10.0. The van der Waals surface area contributed by atoms with E-state index in [2.05, 4.69) is 44.2 Å². The van der Waals surface area contributed by atoms with E-state index < -0.39 is 29.5 Å². The van der Waals surface area contributed by atoms with Gasteiger partial charge >= 0.3 is 6.36 Å². The molecule has 0 radical (unpaired) electrons. The Hall–Kier alpha value is -4.81. The molecule has 2 aliphatic carbocycles. The second kappa shape index (κ2) is 14.4. The van der Waals surface area contributed by atoms with E-state index in [1.54, 1.807) is 29.8 Å². The lowest BCUT2D eigenvalue weighted by atomic mass is 9.62. The van der Waals surface area contributed by atoms with Gasteiger partial charge in [-0.3, -0.25) is 0 Å². The van der Waals surface area contributed by atoms with Gasteiger partial charge in [-0.1, -0.05) is 89.4 Å². The summed E-state index contributed by atoms with van der Waals surface area (Å²) in [7, 11) is 3.60. The molecule has 2 heterocycles. The van der Waals surface area contributed by atoms with Gasteiger partial charge in [-0.05, 0) is 80.1 Å². The summed E-state index contributed by atoms with van der Waals surface area (Å²) in [5.74, 6) is 1.91. The molecule has 0 spiro atoms. The Morgan fingerprint density at radius 2 is 1.07 bits per heavy atom. The molecule has 2 aromatic heterocycles. The molecule has 0 unspecified atom stereocenters. The quantitative estimate of drug-likeness (QED) is 0.151. The van der Waals surface area contributed by atoms with Crippen molar-refractivity contribution in [3.05, 3.63) is 135 Å². The normalized spacial score (nSPS) is 22.1. The third-order valence-electron chi connectivity index (χ3n) is 10.3. The zero-order valence-electron chi connectivity index (χ0n) is 29.5. The minimum atomic E-state index is -4.84. The Labute approximate surface area is 318 Å². The van der Waals surface area contributed by atoms with Crippen LogP contribution in [0.2, 0.25) is 10.0 Å². The van der Waals surface area contributed by atoms with Crippen molar-refractivity contribution >= 4 is 23.2 Å². The van der Waals surface area contributed by atoms with Crippen molar-refractivity contribution < 1.29 is 26.7 Å². The topological polar surface area (TPSA) is 70.7 Å². The summed E-state index contributed by atoms with van der Waals surface area (Å²) in [5.41, 5.74) is 3.07. The molecule has 0 amide bonds. The largest absolute Gasteiger partial charge is 0.573 e. The standard InChI is InChI=1S/C20H16ClF4N3O.C20H19ClFN3/c1-28-17(15-4-2-3-5-16(15)29-20(23,24)25)26-27-18(28)19(10-14(22)11-19)12-6-8-13(21)9-7-12;1-13-3-5-14(6-4-13)18-23-24-19(25(18)2)20(11-17(22)12-20)15-7-9-16(21)10-8-15/h2-9,14H,10-11H2,1H3;3-10,17H,11-12H2,1-2H3. The van der Waals surface area contributed by atoms with Gasteiger partial charge in [-0.2, -0.15) is 0 Å². The predicted molar refractivity (Wildman–Crippen MR) is 197 cm³/mol. The van der Waals surface area contributed by atoms with Crippen molar-refractivity contribution in [3.8, 4) is 28.5 Å². The zero-order valence-corrected chi connectivity index (χ0v) is 31.0. The number of rotatable bonds is 7. The van der Waals surface area contributed by atoms with Gasteiger partial charge in [-0.25, -0.2) is 8.78 Å². The van der Waals surface area contributed by atoms with Crippen molar-refractivity contribution in [2.24, 2.45) is 14.1 Å². The van der Waals surface area contributed by atoms with Crippen LogP contribution >= 0.6 is 23.2 Å². The zero-order chi connectivity index (χ0) is 38.4. The van der Waals surface area contributed by atoms with Crippen LogP contribution in [0.5, 0.6) is 5.75 Å². The fourth-order valence-corrected chi connectivity index (χ4v) is 7.82. The van der Waals surface area contributed by atoms with Crippen LogP contribution in [0.4, 0.5) is 22.0 Å². The van der Waals surface area contributed by atoms with Gasteiger partial charge in [0.05, 0.1) is 16.4 Å². The maximum Gasteiger partial charge on any atom is 0.573 e. The van der Waals surface area contributed by atoms with E-state index in [1.165, 1.54) is 23.8 Å². The molecule has 0 saturated heterocycles. The number of hydrogen-bond acceptors (Lipinski definition) is 5. The maximum atomic E-state index is 13.9. The average molecular weight is 782 g/mol. The van der Waals surface area contributed by atoms with E-state index in [1.807, 2.05) is 60.1 Å². The summed E-state index contributed by atoms with van der Waals surface area (Å²) in [6.07, 6.45) is -5.37. The van der Waals surface area contributed by atoms with Crippen molar-refractivity contribution in [1.82, 2.24) is 29.5 Å². The van der Waals surface area contributed by atoms with Crippen LogP contribution in [0.3, 0.4) is 0 Å². The summed E-state index contributed by atoms with van der Waals surface area (Å²) in [4.78, 5) is 0. The Morgan fingerprint density at radius 3 is 1.54 bits per heavy atom. The van der Waals surface area contributed by atoms with Gasteiger partial charge in [-0.15, -0.1) is 33.6 Å². The molecule has 2 fully saturated rings. The number of nitrogens with zero attached hydrogens (tertiary/aromatic N) is 6. The smallest absolute Gasteiger partial charge is 0.405 e. The second-order valence-electron chi connectivity index (χ2n) is 13.9. The number of alkyl halides is 5. The van der Waals surface area contributed by atoms with E-state index in [4.69, 9.17) is 23.2 Å². The number of aromatic nitrogens is 6. The molecule has 54 heavy (non-hydrogen) atoms. The number of benzene rings is 4. The summed E-state index contributed by atoms with van der Waals surface area (Å²) in [6.45, 7) is 2.05. The molecule has 7 nitrogen and oxygen atoms in total. The number of ether oxygens (including phenoxy) is 1. The highest BCUT2D eigenvalue weighted by molar-refractivity contribution is 6.30. The summed E-state index contributed by atoms with van der Waals surface area (Å²) in [6, 6.07) is 28.6. The van der Waals surface area contributed by atoms with Gasteiger partial charge in [0, 0.05) is 29.7 Å². The molecule has 4 aromatic carbocycles. The molecule has 0 N–H and O–H groups in total. The monoisotopic (exact) mass is 780 g/mol. The highest BCUT2D eigenvalue weighted by Crippen LogP contribution is 2.51. The van der Waals surface area contributed by atoms with Crippen LogP contribution in [0.15, 0.2) is 97.1 Å². The molecular formula is C40H35Cl2F5N6O. The summed E-state index contributed by atoms with van der Waals surface area (Å²) in [5, 5.41) is 18.4. The van der Waals surface area contributed by atoms with Crippen LogP contribution in [0.25, 0.3) is 22.8 Å². The summed E-state index contributed by atoms with van der Waals surface area (Å²) < 4.78 is 73.9. The first-order valence-electron chi connectivity index (χ1n) is 17.2. The molecular weight excluding hydrogens is 746 g/mol. The molecule has 6 aromatic rings. The van der Waals surface area contributed by atoms with Crippen molar-refractivity contribution in [2.45, 2.75) is 62.1 Å². The second-order valence-corrected chi connectivity index (χ2v) is 14.8. The van der Waals surface area contributed by atoms with Gasteiger partial charge in [0.15, 0.2) is 11.6 Å². The molecule has 0 aliphatic heterocycles. The van der Waals surface area contributed by atoms with Gasteiger partial charge in [0.25, 0.3) is 0 Å². The van der Waals surface area contributed by atoms with Crippen LogP contribution in [-0.4, -0.2) is 48.2 Å². The van der Waals surface area contributed by atoms with Crippen molar-refractivity contribution in [3.63, 3.8) is 0 Å². The van der Waals surface area contributed by atoms with Crippen molar-refractivity contribution in [1.29, 1.82) is 0 Å². The first-order valence-corrected chi connectivity index (χ1v) is 18.0. The van der Waals surface area contributed by atoms with E-state index in [0.717, 1.165) is 28.3 Å². The van der Waals surface area contributed by atoms with Crippen LogP contribution < -0.4 is 4.74 Å². The lowest BCUT2D eigenvalue weighted by molar-refractivity contribution is -0.274. The molecule has 0 bridgehead atoms. The third-order valence-corrected chi connectivity index (χ3v) is 10.8. The Balaban J connectivity index is 0.000000168. The number of hydrogen-bond donors (Lipinski definition) is 0. The van der Waals surface area contributed by atoms with E-state index in [-0.39, 0.29) is 30.0 Å². The van der Waals surface area contributed by atoms with Crippen LogP contribution in [-0.2, 0) is 24.9 Å². The van der Waals surface area contributed by atoms with E-state index in [0.29, 0.717) is 28.7 Å². The minimum absolute atomic E-state index is 0.147. The molecule has 2 saturated carbocycles. The highest BCUT2D eigenvalue weighted by atomic mass is 35.5. The van der Waals surface area contributed by atoms with Crippen molar-refractivity contribution in [2.75, 3.05) is 0 Å².